The minimum absolute atomic E-state index is 0. The Kier molecular flexibility index (Phi) is 9.57. The largest absolute Gasteiger partial charge is 0.373 e. The molecule has 0 aromatic carbocycles. The molecule has 0 amide bonds. The van der Waals surface area contributed by atoms with Crippen molar-refractivity contribution >= 4 is 35.5 Å². The molecular weight excluding hydrogens is 105 g/mol. The third-order valence-electron chi connectivity index (χ3n) is 0.420. The number of carbonyl (C=O) groups excluding carboxylic acids is 1. The maximum atomic E-state index is 9.83. The minimum Gasteiger partial charge on any atom is -0.373 e. The summed E-state index contributed by atoms with van der Waals surface area (Å²) in [6.07, 6.45) is 0.344. The van der Waals surface area contributed by atoms with Crippen LogP contribution in [-0.2, 0) is 9.63 Å². The zero-order chi connectivity index (χ0) is 4.99. The molecule has 4 heteroatoms. The summed E-state index contributed by atoms with van der Waals surface area (Å²) < 4.78 is 0. The molecular formula is C3H7NNaO2. The van der Waals surface area contributed by atoms with Crippen molar-refractivity contribution in [3.05, 3.63) is 0 Å². The molecule has 0 saturated carbocycles. The van der Waals surface area contributed by atoms with Crippen LogP contribution in [0.4, 0.5) is 0 Å². The van der Waals surface area contributed by atoms with E-state index in [2.05, 4.69) is 10.7 Å². The summed E-state index contributed by atoms with van der Waals surface area (Å²) in [5, 5.41) is 0. The standard InChI is InChI=1S/C3H7NO2.Na/c1-2-3(5)6-4;/h2,4H2,1H3;. The molecule has 0 saturated heterocycles. The Morgan fingerprint density at radius 2 is 2.29 bits per heavy atom. The molecule has 1 radical (unpaired) electrons. The van der Waals surface area contributed by atoms with Gasteiger partial charge in [0.05, 0.1) is 0 Å². The Bertz CT molecular complexity index is 50.9. The molecule has 0 aromatic heterocycles. The molecule has 0 aliphatic heterocycles. The molecule has 2 N–H and O–H groups in total. The van der Waals surface area contributed by atoms with Crippen LogP contribution < -0.4 is 5.90 Å². The Morgan fingerprint density at radius 1 is 1.86 bits per heavy atom. The van der Waals surface area contributed by atoms with Gasteiger partial charge in [-0.2, -0.15) is 5.90 Å². The Hall–Kier alpha value is 0.430. The van der Waals surface area contributed by atoms with Gasteiger partial charge in [0.25, 0.3) is 0 Å². The van der Waals surface area contributed by atoms with E-state index in [4.69, 9.17) is 0 Å². The fourth-order valence-electron chi connectivity index (χ4n) is 0.0833. The first-order valence-corrected chi connectivity index (χ1v) is 1.70. The molecule has 0 rings (SSSR count). The monoisotopic (exact) mass is 112 g/mol. The van der Waals surface area contributed by atoms with E-state index in [0.29, 0.717) is 6.42 Å². The maximum absolute atomic E-state index is 9.83. The molecule has 0 fully saturated rings. The third kappa shape index (κ3) is 6.43. The van der Waals surface area contributed by atoms with Crippen molar-refractivity contribution in [3.63, 3.8) is 0 Å². The van der Waals surface area contributed by atoms with Gasteiger partial charge in [0.15, 0.2) is 0 Å². The minimum atomic E-state index is -0.380. The number of nitrogens with two attached hydrogens (primary N) is 1. The van der Waals surface area contributed by atoms with Gasteiger partial charge in [0.2, 0.25) is 0 Å². The van der Waals surface area contributed by atoms with Gasteiger partial charge >= 0.3 is 5.97 Å². The molecule has 0 spiro atoms. The van der Waals surface area contributed by atoms with E-state index in [9.17, 15) is 4.79 Å². The SMILES string of the molecule is CCC(=O)ON.[Na]. The fraction of sp³-hybridized carbons (Fsp3) is 0.667. The number of carbonyl (C=O) groups is 1. The fourth-order valence-corrected chi connectivity index (χ4v) is 0.0833. The third-order valence-corrected chi connectivity index (χ3v) is 0.420. The molecule has 37 valence electrons. The molecule has 3 nitrogen and oxygen atoms in total. The summed E-state index contributed by atoms with van der Waals surface area (Å²) in [5.41, 5.74) is 0. The van der Waals surface area contributed by atoms with Crippen molar-refractivity contribution in [1.29, 1.82) is 0 Å². The van der Waals surface area contributed by atoms with Crippen LogP contribution in [0.15, 0.2) is 0 Å². The average molecular weight is 112 g/mol. The van der Waals surface area contributed by atoms with E-state index >= 15 is 0 Å². The Labute approximate surface area is 64.5 Å². The summed E-state index contributed by atoms with van der Waals surface area (Å²) in [6, 6.07) is 0. The van der Waals surface area contributed by atoms with Gasteiger partial charge in [-0.05, 0) is 0 Å². The van der Waals surface area contributed by atoms with Crippen molar-refractivity contribution < 1.29 is 9.63 Å². The van der Waals surface area contributed by atoms with Gasteiger partial charge in [-0.3, -0.25) is 4.79 Å². The van der Waals surface area contributed by atoms with E-state index in [1.54, 1.807) is 6.92 Å². The van der Waals surface area contributed by atoms with Crippen molar-refractivity contribution in [2.75, 3.05) is 0 Å². The van der Waals surface area contributed by atoms with Crippen molar-refractivity contribution in [1.82, 2.24) is 0 Å². The van der Waals surface area contributed by atoms with Crippen LogP contribution in [0.5, 0.6) is 0 Å². The van der Waals surface area contributed by atoms with E-state index < -0.39 is 0 Å². The molecule has 0 aliphatic rings. The van der Waals surface area contributed by atoms with Crippen molar-refractivity contribution in [3.8, 4) is 0 Å². The Balaban J connectivity index is 0. The van der Waals surface area contributed by atoms with Gasteiger partial charge in [0.1, 0.15) is 0 Å². The van der Waals surface area contributed by atoms with Gasteiger partial charge < -0.3 is 4.84 Å². The molecule has 0 aliphatic carbocycles. The van der Waals surface area contributed by atoms with Crippen LogP contribution in [0.2, 0.25) is 0 Å². The van der Waals surface area contributed by atoms with E-state index in [0.717, 1.165) is 0 Å². The first kappa shape index (κ1) is 10.4. The summed E-state index contributed by atoms with van der Waals surface area (Å²) in [6.45, 7) is 1.68. The predicted octanol–water partition coefficient (Wildman–Crippen LogP) is -0.568. The topological polar surface area (TPSA) is 52.3 Å². The molecule has 7 heavy (non-hydrogen) atoms. The van der Waals surface area contributed by atoms with Crippen molar-refractivity contribution in [2.24, 2.45) is 5.90 Å². The average Bonchev–Trinajstić information content (AvgIpc) is 1.65. The first-order valence-electron chi connectivity index (χ1n) is 1.70. The summed E-state index contributed by atoms with van der Waals surface area (Å²) >= 11 is 0. The van der Waals surface area contributed by atoms with Crippen LogP contribution in [0.1, 0.15) is 13.3 Å². The number of rotatable bonds is 1. The van der Waals surface area contributed by atoms with Gasteiger partial charge in [0, 0.05) is 36.0 Å². The van der Waals surface area contributed by atoms with Crippen LogP contribution in [0, 0.1) is 0 Å². The molecule has 0 bridgehead atoms. The normalized spacial score (nSPS) is 6.57. The summed E-state index contributed by atoms with van der Waals surface area (Å²) in [7, 11) is 0. The van der Waals surface area contributed by atoms with Crippen LogP contribution in [0.25, 0.3) is 0 Å². The molecule has 0 unspecified atom stereocenters. The van der Waals surface area contributed by atoms with E-state index in [-0.39, 0.29) is 35.5 Å². The second kappa shape index (κ2) is 6.43. The summed E-state index contributed by atoms with van der Waals surface area (Å²) in [4.78, 5) is 13.6. The quantitative estimate of drug-likeness (QED) is 0.365. The second-order valence-electron chi connectivity index (χ2n) is 0.843. The summed E-state index contributed by atoms with van der Waals surface area (Å²) in [5.74, 6) is 4.05. The van der Waals surface area contributed by atoms with Crippen molar-refractivity contribution in [2.45, 2.75) is 13.3 Å². The van der Waals surface area contributed by atoms with Gasteiger partial charge in [-0.15, -0.1) is 0 Å². The maximum Gasteiger partial charge on any atom is 0.324 e. The van der Waals surface area contributed by atoms with Crippen LogP contribution in [0.3, 0.4) is 0 Å². The van der Waals surface area contributed by atoms with Gasteiger partial charge in [-0.1, -0.05) is 6.92 Å². The second-order valence-corrected chi connectivity index (χ2v) is 0.843. The Morgan fingerprint density at radius 3 is 2.29 bits per heavy atom. The molecule has 0 aromatic rings. The van der Waals surface area contributed by atoms with E-state index in [1.807, 2.05) is 0 Å². The number of hydrogen-bond acceptors (Lipinski definition) is 3. The van der Waals surface area contributed by atoms with Crippen LogP contribution >= 0.6 is 0 Å². The smallest absolute Gasteiger partial charge is 0.324 e. The van der Waals surface area contributed by atoms with E-state index in [1.165, 1.54) is 0 Å². The molecule has 0 atom stereocenters. The molecule has 0 heterocycles. The van der Waals surface area contributed by atoms with Crippen LogP contribution in [-0.4, -0.2) is 35.5 Å². The zero-order valence-corrected chi connectivity index (χ0v) is 6.60. The predicted molar refractivity (Wildman–Crippen MR) is 26.3 cm³/mol. The zero-order valence-electron chi connectivity index (χ0n) is 4.60. The van der Waals surface area contributed by atoms with Gasteiger partial charge in [-0.25, -0.2) is 0 Å². The number of hydrogen-bond donors (Lipinski definition) is 1. The first-order chi connectivity index (χ1) is 2.81.